The van der Waals surface area contributed by atoms with E-state index in [-0.39, 0.29) is 0 Å². The van der Waals surface area contributed by atoms with E-state index in [2.05, 4.69) is 0 Å². The van der Waals surface area contributed by atoms with Gasteiger partial charge in [-0.15, -0.1) is 0 Å². The van der Waals surface area contributed by atoms with Crippen LogP contribution in [0.5, 0.6) is 0 Å². The van der Waals surface area contributed by atoms with Crippen molar-refractivity contribution in [2.24, 2.45) is 5.92 Å². The molecule has 1 saturated carbocycles. The summed E-state index contributed by atoms with van der Waals surface area (Å²) >= 11 is 1.89. The fourth-order valence-electron chi connectivity index (χ4n) is 0.974. The van der Waals surface area contributed by atoms with Crippen molar-refractivity contribution in [3.05, 3.63) is 0 Å². The predicted molar refractivity (Wildman–Crippen MR) is 41.8 cm³/mol. The summed E-state index contributed by atoms with van der Waals surface area (Å²) in [5.74, 6) is 3.19. The lowest BCUT2D eigenvalue weighted by molar-refractivity contribution is 0.321. The molecular formula is C7H14OS. The molecule has 2 heteroatoms. The van der Waals surface area contributed by atoms with E-state index in [1.54, 1.807) is 0 Å². The van der Waals surface area contributed by atoms with Gasteiger partial charge in [-0.2, -0.15) is 11.8 Å². The topological polar surface area (TPSA) is 20.2 Å². The molecule has 9 heavy (non-hydrogen) atoms. The molecule has 0 aromatic rings. The molecule has 0 unspecified atom stereocenters. The second-order valence-corrected chi connectivity index (χ2v) is 3.75. The molecule has 1 rings (SSSR count). The molecule has 1 nitrogen and oxygen atoms in total. The Labute approximate surface area is 60.8 Å². The quantitative estimate of drug-likeness (QED) is 0.607. The van der Waals surface area contributed by atoms with Crippen LogP contribution in [0.25, 0.3) is 0 Å². The largest absolute Gasteiger partial charge is 0.396 e. The van der Waals surface area contributed by atoms with E-state index in [1.165, 1.54) is 25.0 Å². The number of aliphatic hydroxyl groups excluding tert-OH is 1. The maximum absolute atomic E-state index is 8.45. The molecule has 1 aliphatic carbocycles. The third kappa shape index (κ3) is 2.59. The van der Waals surface area contributed by atoms with Crippen molar-refractivity contribution in [3.8, 4) is 0 Å². The SMILES string of the molecule is OCCSCC1CCC1. The lowest BCUT2D eigenvalue weighted by Gasteiger charge is -2.24. The Hall–Kier alpha value is 0.310. The van der Waals surface area contributed by atoms with Gasteiger partial charge in [-0.05, 0) is 24.5 Å². The van der Waals surface area contributed by atoms with E-state index in [4.69, 9.17) is 5.11 Å². The summed E-state index contributed by atoms with van der Waals surface area (Å²) in [5.41, 5.74) is 0. The molecule has 0 saturated heterocycles. The van der Waals surface area contributed by atoms with Crippen LogP contribution >= 0.6 is 11.8 Å². The van der Waals surface area contributed by atoms with Crippen LogP contribution in [0.1, 0.15) is 19.3 Å². The third-order valence-electron chi connectivity index (χ3n) is 1.81. The number of hydrogen-bond donors (Lipinski definition) is 1. The average Bonchev–Trinajstić information content (AvgIpc) is 1.76. The average molecular weight is 146 g/mol. The van der Waals surface area contributed by atoms with Crippen LogP contribution in [0.2, 0.25) is 0 Å². The Bertz CT molecular complexity index is 71.3. The van der Waals surface area contributed by atoms with E-state index in [0.29, 0.717) is 6.61 Å². The summed E-state index contributed by atoms with van der Waals surface area (Å²) in [6.07, 6.45) is 4.29. The minimum absolute atomic E-state index is 0.345. The molecule has 0 aromatic carbocycles. The second kappa shape index (κ2) is 4.18. The van der Waals surface area contributed by atoms with Crippen LogP contribution in [0.3, 0.4) is 0 Å². The minimum atomic E-state index is 0.345. The molecule has 1 fully saturated rings. The van der Waals surface area contributed by atoms with E-state index < -0.39 is 0 Å². The van der Waals surface area contributed by atoms with Gasteiger partial charge in [0, 0.05) is 5.75 Å². The van der Waals surface area contributed by atoms with E-state index in [9.17, 15) is 0 Å². The van der Waals surface area contributed by atoms with Gasteiger partial charge in [-0.1, -0.05) is 6.42 Å². The molecule has 1 N–H and O–H groups in total. The maximum atomic E-state index is 8.45. The summed E-state index contributed by atoms with van der Waals surface area (Å²) in [4.78, 5) is 0. The standard InChI is InChI=1S/C7H14OS/c8-4-5-9-6-7-2-1-3-7/h7-8H,1-6H2. The van der Waals surface area contributed by atoms with Crippen LogP contribution in [0.15, 0.2) is 0 Å². The van der Waals surface area contributed by atoms with Gasteiger partial charge in [-0.3, -0.25) is 0 Å². The minimum Gasteiger partial charge on any atom is -0.396 e. The lowest BCUT2D eigenvalue weighted by atomic mass is 9.87. The smallest absolute Gasteiger partial charge is 0.0521 e. The van der Waals surface area contributed by atoms with Gasteiger partial charge in [0.15, 0.2) is 0 Å². The van der Waals surface area contributed by atoms with E-state index in [1.807, 2.05) is 11.8 Å². The van der Waals surface area contributed by atoms with Gasteiger partial charge in [0.2, 0.25) is 0 Å². The molecule has 0 aliphatic heterocycles. The number of aliphatic hydroxyl groups is 1. The van der Waals surface area contributed by atoms with Gasteiger partial charge >= 0.3 is 0 Å². The highest BCUT2D eigenvalue weighted by atomic mass is 32.2. The molecule has 0 radical (unpaired) electrons. The molecule has 0 amide bonds. The van der Waals surface area contributed by atoms with E-state index >= 15 is 0 Å². The molecule has 54 valence electrons. The molecule has 0 aromatic heterocycles. The highest BCUT2D eigenvalue weighted by molar-refractivity contribution is 7.99. The molecule has 1 aliphatic rings. The fraction of sp³-hybridized carbons (Fsp3) is 1.00. The number of hydrogen-bond acceptors (Lipinski definition) is 2. The summed E-state index contributed by atoms with van der Waals surface area (Å²) in [5, 5.41) is 8.45. The van der Waals surface area contributed by atoms with Gasteiger partial charge in [0.05, 0.1) is 6.61 Å². The molecular weight excluding hydrogens is 132 g/mol. The monoisotopic (exact) mass is 146 g/mol. The first kappa shape index (κ1) is 7.42. The molecule has 0 heterocycles. The first-order valence-electron chi connectivity index (χ1n) is 3.62. The van der Waals surface area contributed by atoms with Crippen molar-refractivity contribution >= 4 is 11.8 Å². The summed E-state index contributed by atoms with van der Waals surface area (Å²) in [7, 11) is 0. The molecule has 0 spiro atoms. The second-order valence-electron chi connectivity index (χ2n) is 2.60. The zero-order valence-corrected chi connectivity index (χ0v) is 6.49. The van der Waals surface area contributed by atoms with Crippen LogP contribution in [-0.4, -0.2) is 23.2 Å². The first-order valence-corrected chi connectivity index (χ1v) is 4.77. The van der Waals surface area contributed by atoms with Crippen LogP contribution in [0, 0.1) is 5.92 Å². The van der Waals surface area contributed by atoms with Crippen molar-refractivity contribution in [2.75, 3.05) is 18.1 Å². The number of thioether (sulfide) groups is 1. The van der Waals surface area contributed by atoms with Crippen molar-refractivity contribution in [3.63, 3.8) is 0 Å². The van der Waals surface area contributed by atoms with E-state index in [0.717, 1.165) is 11.7 Å². The van der Waals surface area contributed by atoms with Crippen molar-refractivity contribution in [2.45, 2.75) is 19.3 Å². The molecule has 0 atom stereocenters. The normalized spacial score (nSPS) is 19.7. The Morgan fingerprint density at radius 1 is 1.44 bits per heavy atom. The van der Waals surface area contributed by atoms with Crippen LogP contribution in [-0.2, 0) is 0 Å². The Kier molecular flexibility index (Phi) is 3.44. The summed E-state index contributed by atoms with van der Waals surface area (Å²) < 4.78 is 0. The lowest BCUT2D eigenvalue weighted by Crippen LogP contribution is -2.13. The Morgan fingerprint density at radius 3 is 2.67 bits per heavy atom. The molecule has 0 bridgehead atoms. The summed E-state index contributed by atoms with van der Waals surface area (Å²) in [6.45, 7) is 0.345. The zero-order chi connectivity index (χ0) is 6.53. The summed E-state index contributed by atoms with van der Waals surface area (Å²) in [6, 6.07) is 0. The fourth-order valence-corrected chi connectivity index (χ4v) is 1.94. The van der Waals surface area contributed by atoms with Crippen LogP contribution < -0.4 is 0 Å². The predicted octanol–water partition coefficient (Wildman–Crippen LogP) is 1.51. The van der Waals surface area contributed by atoms with Gasteiger partial charge in [0.1, 0.15) is 0 Å². The Balaban J connectivity index is 1.80. The van der Waals surface area contributed by atoms with Crippen molar-refractivity contribution in [1.82, 2.24) is 0 Å². The Morgan fingerprint density at radius 2 is 2.22 bits per heavy atom. The van der Waals surface area contributed by atoms with Crippen LogP contribution in [0.4, 0.5) is 0 Å². The highest BCUT2D eigenvalue weighted by Crippen LogP contribution is 2.29. The van der Waals surface area contributed by atoms with Gasteiger partial charge in [0.25, 0.3) is 0 Å². The highest BCUT2D eigenvalue weighted by Gasteiger charge is 2.16. The third-order valence-corrected chi connectivity index (χ3v) is 2.99. The van der Waals surface area contributed by atoms with Crippen molar-refractivity contribution in [1.29, 1.82) is 0 Å². The zero-order valence-electron chi connectivity index (χ0n) is 5.68. The maximum Gasteiger partial charge on any atom is 0.0521 e. The van der Waals surface area contributed by atoms with Gasteiger partial charge in [-0.25, -0.2) is 0 Å². The van der Waals surface area contributed by atoms with Crippen molar-refractivity contribution < 1.29 is 5.11 Å². The van der Waals surface area contributed by atoms with Gasteiger partial charge < -0.3 is 5.11 Å². The first-order chi connectivity index (χ1) is 4.43. The number of rotatable bonds is 4.